The zero-order valence-corrected chi connectivity index (χ0v) is 20.2. The summed E-state index contributed by atoms with van der Waals surface area (Å²) in [6, 6.07) is 3.57. The Labute approximate surface area is 194 Å². The van der Waals surface area contributed by atoms with Crippen molar-refractivity contribution in [2.75, 3.05) is 13.7 Å². The predicted octanol–water partition coefficient (Wildman–Crippen LogP) is 4.20. The fourth-order valence-electron chi connectivity index (χ4n) is 3.16. The second-order valence-electron chi connectivity index (χ2n) is 7.60. The second-order valence-corrected chi connectivity index (χ2v) is 8.94. The lowest BCUT2D eigenvalue weighted by atomic mass is 10.0. The average Bonchev–Trinajstić information content (AvgIpc) is 2.72. The number of alkyl carbamates (subject to hydrolysis) is 1. The Morgan fingerprint density at radius 3 is 2.61 bits per heavy atom. The van der Waals surface area contributed by atoms with Gasteiger partial charge in [-0.2, -0.15) is 0 Å². The SMILES string of the molecule is COC(=O)N[C@H](C(=O)N(S)CCCCCc1cc(=O)c2cc(F)c(Br)cc2[nH]1)C(C)C. The number of H-pyrrole nitrogens is 1. The van der Waals surface area contributed by atoms with Crippen LogP contribution in [0.5, 0.6) is 0 Å². The van der Waals surface area contributed by atoms with Crippen LogP contribution in [0.2, 0.25) is 0 Å². The van der Waals surface area contributed by atoms with E-state index in [4.69, 9.17) is 0 Å². The van der Waals surface area contributed by atoms with Crippen LogP contribution in [0.15, 0.2) is 27.5 Å². The number of nitrogens with zero attached hydrogens (tertiary/aromatic N) is 1. The molecule has 7 nitrogen and oxygen atoms in total. The number of amides is 2. The van der Waals surface area contributed by atoms with Gasteiger partial charge in [0.05, 0.1) is 17.1 Å². The molecule has 1 aromatic heterocycles. The van der Waals surface area contributed by atoms with Gasteiger partial charge in [0.2, 0.25) is 0 Å². The van der Waals surface area contributed by atoms with E-state index in [1.807, 2.05) is 13.8 Å². The van der Waals surface area contributed by atoms with Crippen LogP contribution in [-0.2, 0) is 16.0 Å². The fraction of sp³-hybridized carbons (Fsp3) is 0.476. The van der Waals surface area contributed by atoms with Crippen LogP contribution in [-0.4, -0.2) is 41.0 Å². The Morgan fingerprint density at radius 1 is 1.26 bits per heavy atom. The van der Waals surface area contributed by atoms with Gasteiger partial charge in [-0.1, -0.05) is 33.1 Å². The first-order chi connectivity index (χ1) is 14.6. The number of hydrogen-bond acceptors (Lipinski definition) is 5. The van der Waals surface area contributed by atoms with Crippen molar-refractivity contribution in [3.63, 3.8) is 0 Å². The molecule has 2 amide bonds. The van der Waals surface area contributed by atoms with Gasteiger partial charge in [-0.25, -0.2) is 9.18 Å². The molecule has 0 saturated heterocycles. The molecule has 0 spiro atoms. The van der Waals surface area contributed by atoms with Gasteiger partial charge in [0.1, 0.15) is 11.9 Å². The molecule has 170 valence electrons. The highest BCUT2D eigenvalue weighted by molar-refractivity contribution is 9.10. The third kappa shape index (κ3) is 6.96. The van der Waals surface area contributed by atoms with Crippen molar-refractivity contribution >= 4 is 51.6 Å². The third-order valence-electron chi connectivity index (χ3n) is 4.89. The predicted molar refractivity (Wildman–Crippen MR) is 125 cm³/mol. The van der Waals surface area contributed by atoms with E-state index in [0.29, 0.717) is 34.8 Å². The molecule has 0 saturated carbocycles. The number of pyridine rings is 1. The minimum Gasteiger partial charge on any atom is -0.453 e. The Balaban J connectivity index is 1.86. The monoisotopic (exact) mass is 515 g/mol. The molecule has 0 aliphatic heterocycles. The van der Waals surface area contributed by atoms with Gasteiger partial charge in [0, 0.05) is 23.7 Å². The number of ether oxygens (including phenoxy) is 1. The second kappa shape index (κ2) is 11.5. The van der Waals surface area contributed by atoms with Crippen molar-refractivity contribution in [2.45, 2.75) is 45.6 Å². The summed E-state index contributed by atoms with van der Waals surface area (Å²) in [5, 5.41) is 2.85. The highest BCUT2D eigenvalue weighted by Gasteiger charge is 2.27. The zero-order valence-electron chi connectivity index (χ0n) is 17.7. The summed E-state index contributed by atoms with van der Waals surface area (Å²) >= 11 is 7.40. The zero-order chi connectivity index (χ0) is 23.1. The molecule has 0 bridgehead atoms. The Morgan fingerprint density at radius 2 is 1.97 bits per heavy atom. The van der Waals surface area contributed by atoms with Gasteiger partial charge < -0.3 is 15.0 Å². The summed E-state index contributed by atoms with van der Waals surface area (Å²) in [6.45, 7) is 4.09. The number of nitrogens with one attached hydrogen (secondary N) is 2. The van der Waals surface area contributed by atoms with Crippen LogP contribution in [0.3, 0.4) is 0 Å². The van der Waals surface area contributed by atoms with Gasteiger partial charge in [-0.05, 0) is 53.2 Å². The number of aromatic amines is 1. The van der Waals surface area contributed by atoms with E-state index in [-0.39, 0.29) is 17.3 Å². The van der Waals surface area contributed by atoms with Gasteiger partial charge in [-0.3, -0.25) is 13.9 Å². The average molecular weight is 516 g/mol. The van der Waals surface area contributed by atoms with Crippen LogP contribution in [0, 0.1) is 11.7 Å². The van der Waals surface area contributed by atoms with Gasteiger partial charge >= 0.3 is 6.09 Å². The quantitative estimate of drug-likeness (QED) is 0.344. The maximum Gasteiger partial charge on any atom is 0.407 e. The lowest BCUT2D eigenvalue weighted by Gasteiger charge is -2.25. The Hall–Kier alpha value is -2.07. The van der Waals surface area contributed by atoms with Crippen LogP contribution >= 0.6 is 28.7 Å². The minimum absolute atomic E-state index is 0.112. The van der Waals surface area contributed by atoms with E-state index in [0.717, 1.165) is 18.5 Å². The van der Waals surface area contributed by atoms with Gasteiger partial charge in [0.25, 0.3) is 5.91 Å². The third-order valence-corrected chi connectivity index (χ3v) is 5.89. The summed E-state index contributed by atoms with van der Waals surface area (Å²) in [4.78, 5) is 39.4. The first-order valence-corrected chi connectivity index (χ1v) is 11.2. The highest BCUT2D eigenvalue weighted by Crippen LogP contribution is 2.21. The molecule has 1 aromatic carbocycles. The molecular formula is C21H27BrFN3O4S. The first-order valence-electron chi connectivity index (χ1n) is 9.99. The number of thiol groups is 1. The van der Waals surface area contributed by atoms with Crippen molar-refractivity contribution in [3.8, 4) is 0 Å². The number of halogens is 2. The number of methoxy groups -OCH3 is 1. The fourth-order valence-corrected chi connectivity index (χ4v) is 3.77. The van der Waals surface area contributed by atoms with Crippen molar-refractivity contribution in [1.82, 2.24) is 14.6 Å². The van der Waals surface area contributed by atoms with E-state index in [1.165, 1.54) is 23.5 Å². The van der Waals surface area contributed by atoms with E-state index >= 15 is 0 Å². The summed E-state index contributed by atoms with van der Waals surface area (Å²) in [5.41, 5.74) is 1.14. The summed E-state index contributed by atoms with van der Waals surface area (Å²) in [6.07, 6.45) is 2.32. The highest BCUT2D eigenvalue weighted by atomic mass is 79.9. The molecule has 31 heavy (non-hydrogen) atoms. The minimum atomic E-state index is -0.711. The van der Waals surface area contributed by atoms with Crippen LogP contribution in [0.25, 0.3) is 10.9 Å². The molecule has 0 fully saturated rings. The molecule has 1 heterocycles. The largest absolute Gasteiger partial charge is 0.453 e. The number of unbranched alkanes of at least 4 members (excludes halogenated alkanes) is 2. The van der Waals surface area contributed by atoms with Gasteiger partial charge in [0.15, 0.2) is 5.43 Å². The molecular weight excluding hydrogens is 489 g/mol. The van der Waals surface area contributed by atoms with Crippen LogP contribution in [0.1, 0.15) is 38.8 Å². The maximum atomic E-state index is 13.7. The van der Waals surface area contributed by atoms with E-state index in [9.17, 15) is 18.8 Å². The molecule has 10 heteroatoms. The summed E-state index contributed by atoms with van der Waals surface area (Å²) < 4.78 is 19.8. The first kappa shape index (κ1) is 25.2. The smallest absolute Gasteiger partial charge is 0.407 e. The van der Waals surface area contributed by atoms with Gasteiger partial charge in [-0.15, -0.1) is 0 Å². The normalized spacial score (nSPS) is 12.1. The van der Waals surface area contributed by atoms with Crippen molar-refractivity contribution in [3.05, 3.63) is 44.4 Å². The number of hydrogen-bond donors (Lipinski definition) is 3. The van der Waals surface area contributed by atoms with Crippen molar-refractivity contribution in [1.29, 1.82) is 0 Å². The molecule has 1 atom stereocenters. The molecule has 2 rings (SSSR count). The van der Waals surface area contributed by atoms with Crippen LogP contribution in [0.4, 0.5) is 9.18 Å². The Kier molecular flexibility index (Phi) is 9.36. The number of rotatable bonds is 9. The number of carbonyl (C=O) groups is 2. The molecule has 2 N–H and O–H groups in total. The van der Waals surface area contributed by atoms with Crippen molar-refractivity contribution in [2.24, 2.45) is 5.92 Å². The molecule has 0 radical (unpaired) electrons. The van der Waals surface area contributed by atoms with Crippen LogP contribution < -0.4 is 10.7 Å². The van der Waals surface area contributed by atoms with E-state index in [2.05, 4.69) is 43.8 Å². The number of aromatic nitrogens is 1. The lowest BCUT2D eigenvalue weighted by Crippen LogP contribution is -2.49. The topological polar surface area (TPSA) is 91.5 Å². The number of benzene rings is 1. The molecule has 2 aromatic rings. The van der Waals surface area contributed by atoms with Crippen molar-refractivity contribution < 1.29 is 18.7 Å². The van der Waals surface area contributed by atoms with E-state index in [1.54, 1.807) is 6.07 Å². The molecule has 0 unspecified atom stereocenters. The number of aryl methyl sites for hydroxylation is 1. The summed E-state index contributed by atoms with van der Waals surface area (Å²) in [5.74, 6) is -0.877. The standard InChI is InChI=1S/C21H27BrFN3O4S/c1-12(2)19(25-21(29)30-3)20(28)26(31)8-6-4-5-7-13-9-18(27)14-10-16(23)15(22)11-17(14)24-13/h9-12,19,31H,4-8H2,1-3H3,(H,24,27)(H,25,29)/t19-/m0/s1. The number of carbonyl (C=O) groups excluding carboxylic acids is 2. The van der Waals surface area contributed by atoms with E-state index < -0.39 is 18.0 Å². The lowest BCUT2D eigenvalue weighted by molar-refractivity contribution is -0.129. The number of fused-ring (bicyclic) bond motifs is 1. The Bertz CT molecular complexity index is 998. The molecule has 0 aliphatic rings. The summed E-state index contributed by atoms with van der Waals surface area (Å²) in [7, 11) is 1.25. The maximum absolute atomic E-state index is 13.7. The molecule has 0 aliphatic carbocycles.